The van der Waals surface area contributed by atoms with Gasteiger partial charge < -0.3 is 10.6 Å². The van der Waals surface area contributed by atoms with Gasteiger partial charge in [0.2, 0.25) is 11.9 Å². The molecular formula is C13H18FN5O. The SMILES string of the molecule is CC(C)CNC(=O)CCNc1nc2ccc(F)cn2n1. The zero-order valence-electron chi connectivity index (χ0n) is 11.6. The van der Waals surface area contributed by atoms with E-state index in [1.165, 1.54) is 16.8 Å². The Balaban J connectivity index is 1.82. The summed E-state index contributed by atoms with van der Waals surface area (Å²) < 4.78 is 14.3. The summed E-state index contributed by atoms with van der Waals surface area (Å²) in [5.74, 6) is 0.428. The predicted molar refractivity (Wildman–Crippen MR) is 73.9 cm³/mol. The van der Waals surface area contributed by atoms with Gasteiger partial charge in [-0.25, -0.2) is 8.91 Å². The van der Waals surface area contributed by atoms with Gasteiger partial charge in [0.05, 0.1) is 6.20 Å². The fourth-order valence-electron chi connectivity index (χ4n) is 1.63. The molecule has 0 aliphatic carbocycles. The highest BCUT2D eigenvalue weighted by atomic mass is 19.1. The number of nitrogens with one attached hydrogen (secondary N) is 2. The Kier molecular flexibility index (Phi) is 4.49. The molecule has 2 aromatic heterocycles. The Morgan fingerprint density at radius 3 is 3.00 bits per heavy atom. The summed E-state index contributed by atoms with van der Waals surface area (Å²) in [5, 5.41) is 9.84. The second kappa shape index (κ2) is 6.31. The molecule has 7 heteroatoms. The van der Waals surface area contributed by atoms with Crippen LogP contribution in [0.5, 0.6) is 0 Å². The van der Waals surface area contributed by atoms with Gasteiger partial charge in [-0.1, -0.05) is 13.8 Å². The van der Waals surface area contributed by atoms with Crippen molar-refractivity contribution in [2.45, 2.75) is 20.3 Å². The van der Waals surface area contributed by atoms with E-state index in [9.17, 15) is 9.18 Å². The van der Waals surface area contributed by atoms with Gasteiger partial charge in [0.25, 0.3) is 0 Å². The molecule has 1 amide bonds. The first-order valence-corrected chi connectivity index (χ1v) is 6.57. The third-order valence-electron chi connectivity index (χ3n) is 2.64. The van der Waals surface area contributed by atoms with E-state index in [0.717, 1.165) is 0 Å². The van der Waals surface area contributed by atoms with Crippen LogP contribution in [-0.2, 0) is 4.79 Å². The monoisotopic (exact) mass is 279 g/mol. The number of pyridine rings is 1. The second-order valence-corrected chi connectivity index (χ2v) is 4.96. The van der Waals surface area contributed by atoms with Crippen LogP contribution in [0.3, 0.4) is 0 Å². The minimum absolute atomic E-state index is 0.0130. The molecule has 6 nitrogen and oxygen atoms in total. The summed E-state index contributed by atoms with van der Waals surface area (Å²) in [7, 11) is 0. The van der Waals surface area contributed by atoms with Crippen molar-refractivity contribution < 1.29 is 9.18 Å². The summed E-state index contributed by atoms with van der Waals surface area (Å²) >= 11 is 0. The summed E-state index contributed by atoms with van der Waals surface area (Å²) in [6.45, 7) is 5.19. The Bertz CT molecular complexity index is 595. The molecule has 108 valence electrons. The summed E-state index contributed by atoms with van der Waals surface area (Å²) in [5.41, 5.74) is 0.554. The number of carbonyl (C=O) groups excluding carboxylic acids is 1. The van der Waals surface area contributed by atoms with E-state index in [1.807, 2.05) is 13.8 Å². The Hall–Kier alpha value is -2.18. The number of aromatic nitrogens is 3. The quantitative estimate of drug-likeness (QED) is 0.839. The molecule has 0 fully saturated rings. The van der Waals surface area contributed by atoms with Gasteiger partial charge in [-0.2, -0.15) is 4.98 Å². The molecule has 0 bridgehead atoms. The number of nitrogens with zero attached hydrogens (tertiary/aromatic N) is 3. The molecule has 2 aromatic rings. The van der Waals surface area contributed by atoms with Crippen molar-refractivity contribution in [3.8, 4) is 0 Å². The van der Waals surface area contributed by atoms with Crippen LogP contribution in [0.15, 0.2) is 18.3 Å². The fourth-order valence-corrected chi connectivity index (χ4v) is 1.63. The zero-order valence-corrected chi connectivity index (χ0v) is 11.6. The molecule has 0 spiro atoms. The maximum absolute atomic E-state index is 13.0. The topological polar surface area (TPSA) is 71.3 Å². The van der Waals surface area contributed by atoms with E-state index < -0.39 is 0 Å². The highest BCUT2D eigenvalue weighted by molar-refractivity contribution is 5.76. The van der Waals surface area contributed by atoms with Crippen LogP contribution < -0.4 is 10.6 Å². The van der Waals surface area contributed by atoms with Crippen LogP contribution in [0.4, 0.5) is 10.3 Å². The average Bonchev–Trinajstić information content (AvgIpc) is 2.78. The van der Waals surface area contributed by atoms with Gasteiger partial charge >= 0.3 is 0 Å². The van der Waals surface area contributed by atoms with E-state index in [-0.39, 0.29) is 11.7 Å². The Morgan fingerprint density at radius 2 is 2.25 bits per heavy atom. The van der Waals surface area contributed by atoms with Crippen LogP contribution in [0.2, 0.25) is 0 Å². The number of hydrogen-bond donors (Lipinski definition) is 2. The van der Waals surface area contributed by atoms with Crippen molar-refractivity contribution in [3.05, 3.63) is 24.1 Å². The molecule has 0 saturated heterocycles. The van der Waals surface area contributed by atoms with E-state index in [0.29, 0.717) is 37.0 Å². The number of fused-ring (bicyclic) bond motifs is 1. The van der Waals surface area contributed by atoms with Crippen molar-refractivity contribution in [1.29, 1.82) is 0 Å². The molecule has 0 radical (unpaired) electrons. The molecule has 0 aliphatic heterocycles. The first kappa shape index (κ1) is 14.2. The third kappa shape index (κ3) is 3.91. The minimum Gasteiger partial charge on any atom is -0.356 e. The molecule has 20 heavy (non-hydrogen) atoms. The molecular weight excluding hydrogens is 261 g/mol. The highest BCUT2D eigenvalue weighted by Gasteiger charge is 2.05. The lowest BCUT2D eigenvalue weighted by atomic mass is 10.2. The molecule has 0 saturated carbocycles. The van der Waals surface area contributed by atoms with E-state index in [1.54, 1.807) is 6.07 Å². The molecule has 2 N–H and O–H groups in total. The minimum atomic E-state index is -0.373. The highest BCUT2D eigenvalue weighted by Crippen LogP contribution is 2.06. The first-order valence-electron chi connectivity index (χ1n) is 6.57. The molecule has 2 heterocycles. The lowest BCUT2D eigenvalue weighted by Crippen LogP contribution is -2.28. The third-order valence-corrected chi connectivity index (χ3v) is 2.64. The van der Waals surface area contributed by atoms with Crippen molar-refractivity contribution in [2.24, 2.45) is 5.92 Å². The molecule has 0 atom stereocenters. The maximum Gasteiger partial charge on any atom is 0.243 e. The number of amides is 1. The molecule has 0 unspecified atom stereocenters. The lowest BCUT2D eigenvalue weighted by Gasteiger charge is -2.07. The van der Waals surface area contributed by atoms with Crippen LogP contribution >= 0.6 is 0 Å². The van der Waals surface area contributed by atoms with Crippen LogP contribution in [-0.4, -0.2) is 33.6 Å². The van der Waals surface area contributed by atoms with Crippen molar-refractivity contribution in [2.75, 3.05) is 18.4 Å². The van der Waals surface area contributed by atoms with Gasteiger partial charge in [-0.15, -0.1) is 5.10 Å². The number of anilines is 1. The van der Waals surface area contributed by atoms with Crippen molar-refractivity contribution >= 4 is 17.5 Å². The van der Waals surface area contributed by atoms with Crippen LogP contribution in [0, 0.1) is 11.7 Å². The van der Waals surface area contributed by atoms with Gasteiger partial charge in [0, 0.05) is 19.5 Å². The van der Waals surface area contributed by atoms with Crippen LogP contribution in [0.1, 0.15) is 20.3 Å². The van der Waals surface area contributed by atoms with Gasteiger partial charge in [-0.05, 0) is 18.1 Å². The van der Waals surface area contributed by atoms with Crippen molar-refractivity contribution in [1.82, 2.24) is 19.9 Å². The average molecular weight is 279 g/mol. The summed E-state index contributed by atoms with van der Waals surface area (Å²) in [6, 6.07) is 2.87. The lowest BCUT2D eigenvalue weighted by molar-refractivity contribution is -0.120. The molecule has 0 aliphatic rings. The number of halogens is 1. The van der Waals surface area contributed by atoms with Gasteiger partial charge in [0.15, 0.2) is 5.65 Å². The van der Waals surface area contributed by atoms with E-state index in [2.05, 4.69) is 20.7 Å². The smallest absolute Gasteiger partial charge is 0.243 e. The second-order valence-electron chi connectivity index (χ2n) is 4.96. The normalized spacial score (nSPS) is 11.0. The van der Waals surface area contributed by atoms with Crippen molar-refractivity contribution in [3.63, 3.8) is 0 Å². The zero-order chi connectivity index (χ0) is 14.5. The Labute approximate surface area is 116 Å². The molecule has 2 rings (SSSR count). The van der Waals surface area contributed by atoms with E-state index >= 15 is 0 Å². The largest absolute Gasteiger partial charge is 0.356 e. The first-order chi connectivity index (χ1) is 9.54. The van der Waals surface area contributed by atoms with E-state index in [4.69, 9.17) is 0 Å². The van der Waals surface area contributed by atoms with Crippen LogP contribution in [0.25, 0.3) is 5.65 Å². The fraction of sp³-hybridized carbons (Fsp3) is 0.462. The summed E-state index contributed by atoms with van der Waals surface area (Å²) in [6.07, 6.45) is 1.60. The molecule has 0 aromatic carbocycles. The number of rotatable bonds is 6. The van der Waals surface area contributed by atoms with Gasteiger partial charge in [0.1, 0.15) is 5.82 Å². The predicted octanol–water partition coefficient (Wildman–Crippen LogP) is 1.44. The standard InChI is InChI=1S/C13H18FN5O/c1-9(2)7-16-12(20)5-6-15-13-17-11-4-3-10(14)8-19(11)18-13/h3-4,8-9H,5-7H2,1-2H3,(H,15,18)(H,16,20). The number of carbonyl (C=O) groups is 1. The Morgan fingerprint density at radius 1 is 1.45 bits per heavy atom. The summed E-state index contributed by atoms with van der Waals surface area (Å²) in [4.78, 5) is 15.7. The number of hydrogen-bond acceptors (Lipinski definition) is 4. The maximum atomic E-state index is 13.0. The van der Waals surface area contributed by atoms with Gasteiger partial charge in [-0.3, -0.25) is 4.79 Å².